The summed E-state index contributed by atoms with van der Waals surface area (Å²) >= 11 is 0. The van der Waals surface area contributed by atoms with E-state index in [-0.39, 0.29) is 5.82 Å². The number of nitrogens with zero attached hydrogens (tertiary/aromatic N) is 1. The normalized spacial score (nSPS) is 11.3. The lowest BCUT2D eigenvalue weighted by Gasteiger charge is -2.11. The second-order valence-electron chi connectivity index (χ2n) is 4.25. The molecule has 0 amide bonds. The minimum absolute atomic E-state index is 0.351. The molecule has 4 nitrogen and oxygen atoms in total. The Kier molecular flexibility index (Phi) is 4.52. The number of carbonyl (C=O) groups excluding carboxylic acids is 1. The van der Waals surface area contributed by atoms with Crippen molar-refractivity contribution >= 4 is 5.97 Å². The van der Waals surface area contributed by atoms with Crippen LogP contribution in [0.25, 0.3) is 0 Å². The topological polar surface area (TPSA) is 59.3 Å². The summed E-state index contributed by atoms with van der Waals surface area (Å²) in [5.41, 5.74) is 0.507. The van der Waals surface area contributed by atoms with Crippen LogP contribution in [0.4, 0.5) is 4.39 Å². The number of hydrogen-bond acceptors (Lipinski definition) is 4. The van der Waals surface area contributed by atoms with Crippen LogP contribution in [0.5, 0.6) is 11.5 Å². The molecule has 0 spiro atoms. The first-order valence-electron chi connectivity index (χ1n) is 6.18. The largest absolute Gasteiger partial charge is 0.457 e. The molecular weight excluding hydrogens is 273 g/mol. The molecule has 0 fully saturated rings. The zero-order chi connectivity index (χ0) is 15.2. The Hall–Kier alpha value is -2.87. The SMILES string of the molecule is CC(=O)O[C@H](C#N)c1cccc(Oc2ccc(F)cc2)c1. The molecule has 0 aliphatic rings. The number of carbonyl (C=O) groups is 1. The maximum atomic E-state index is 12.8. The number of halogens is 1. The van der Waals surface area contributed by atoms with Gasteiger partial charge in [-0.05, 0) is 36.4 Å². The van der Waals surface area contributed by atoms with E-state index in [0.717, 1.165) is 0 Å². The molecule has 0 N–H and O–H groups in total. The van der Waals surface area contributed by atoms with Crippen LogP contribution in [0.2, 0.25) is 0 Å². The van der Waals surface area contributed by atoms with E-state index >= 15 is 0 Å². The molecule has 0 bridgehead atoms. The summed E-state index contributed by atoms with van der Waals surface area (Å²) in [6.45, 7) is 1.24. The second kappa shape index (κ2) is 6.53. The Morgan fingerprint density at radius 1 is 1.19 bits per heavy atom. The lowest BCUT2D eigenvalue weighted by molar-refractivity contribution is -0.144. The number of benzene rings is 2. The van der Waals surface area contributed by atoms with Crippen molar-refractivity contribution in [2.24, 2.45) is 0 Å². The van der Waals surface area contributed by atoms with Gasteiger partial charge >= 0.3 is 5.97 Å². The van der Waals surface area contributed by atoms with Crippen LogP contribution in [-0.4, -0.2) is 5.97 Å². The third kappa shape index (κ3) is 4.05. The highest BCUT2D eigenvalue weighted by Gasteiger charge is 2.14. The first kappa shape index (κ1) is 14.5. The van der Waals surface area contributed by atoms with E-state index in [4.69, 9.17) is 14.7 Å². The molecule has 2 aromatic rings. The average Bonchev–Trinajstić information content (AvgIpc) is 2.47. The molecule has 0 saturated carbocycles. The Bertz CT molecular complexity index is 677. The molecular formula is C16H12FNO3. The van der Waals surface area contributed by atoms with E-state index in [0.29, 0.717) is 17.1 Å². The first-order chi connectivity index (χ1) is 10.1. The van der Waals surface area contributed by atoms with Crippen LogP contribution in [0.1, 0.15) is 18.6 Å². The molecule has 2 rings (SSSR count). The third-order valence-electron chi connectivity index (χ3n) is 2.61. The summed E-state index contributed by atoms with van der Waals surface area (Å²) in [7, 11) is 0. The summed E-state index contributed by atoms with van der Waals surface area (Å²) in [6, 6.07) is 14.1. The van der Waals surface area contributed by atoms with Gasteiger partial charge < -0.3 is 9.47 Å². The lowest BCUT2D eigenvalue weighted by atomic mass is 10.1. The Morgan fingerprint density at radius 3 is 2.52 bits per heavy atom. The molecule has 0 saturated heterocycles. The highest BCUT2D eigenvalue weighted by molar-refractivity contribution is 5.66. The molecule has 1 atom stereocenters. The summed E-state index contributed by atoms with van der Waals surface area (Å²) in [5.74, 6) is 0.0444. The van der Waals surface area contributed by atoms with Crippen molar-refractivity contribution in [2.75, 3.05) is 0 Å². The smallest absolute Gasteiger partial charge is 0.304 e. The van der Waals surface area contributed by atoms with Crippen LogP contribution in [0, 0.1) is 17.1 Å². The minimum Gasteiger partial charge on any atom is -0.457 e. The maximum absolute atomic E-state index is 12.8. The zero-order valence-electron chi connectivity index (χ0n) is 11.2. The number of hydrogen-bond donors (Lipinski definition) is 0. The Morgan fingerprint density at radius 2 is 1.90 bits per heavy atom. The van der Waals surface area contributed by atoms with Gasteiger partial charge in [0.05, 0.1) is 0 Å². The maximum Gasteiger partial charge on any atom is 0.304 e. The predicted molar refractivity (Wildman–Crippen MR) is 73.0 cm³/mol. The van der Waals surface area contributed by atoms with Crippen molar-refractivity contribution in [1.29, 1.82) is 5.26 Å². The Labute approximate surface area is 121 Å². The van der Waals surface area contributed by atoms with Crippen molar-refractivity contribution in [1.82, 2.24) is 0 Å². The molecule has 5 heteroatoms. The van der Waals surface area contributed by atoms with Gasteiger partial charge in [-0.25, -0.2) is 4.39 Å². The van der Waals surface area contributed by atoms with E-state index in [9.17, 15) is 9.18 Å². The van der Waals surface area contributed by atoms with Crippen molar-refractivity contribution in [3.63, 3.8) is 0 Å². The number of rotatable bonds is 4. The predicted octanol–water partition coefficient (Wildman–Crippen LogP) is 3.75. The van der Waals surface area contributed by atoms with Gasteiger partial charge in [0.1, 0.15) is 23.4 Å². The lowest BCUT2D eigenvalue weighted by Crippen LogP contribution is -2.06. The van der Waals surface area contributed by atoms with Crippen molar-refractivity contribution in [3.05, 3.63) is 59.9 Å². The van der Waals surface area contributed by atoms with Crippen molar-refractivity contribution in [2.45, 2.75) is 13.0 Å². The molecule has 106 valence electrons. The van der Waals surface area contributed by atoms with E-state index in [1.165, 1.54) is 31.2 Å². The summed E-state index contributed by atoms with van der Waals surface area (Å²) < 4.78 is 23.3. The van der Waals surface area contributed by atoms with Gasteiger partial charge in [-0.3, -0.25) is 4.79 Å². The van der Waals surface area contributed by atoms with Crippen LogP contribution in [-0.2, 0) is 9.53 Å². The fourth-order valence-electron chi connectivity index (χ4n) is 1.71. The molecule has 0 aliphatic heterocycles. The van der Waals surface area contributed by atoms with E-state index in [1.807, 2.05) is 6.07 Å². The van der Waals surface area contributed by atoms with Crippen LogP contribution >= 0.6 is 0 Å². The first-order valence-corrected chi connectivity index (χ1v) is 6.18. The van der Waals surface area contributed by atoms with Gasteiger partial charge in [-0.15, -0.1) is 0 Å². The molecule has 0 heterocycles. The standard InChI is InChI=1S/C16H12FNO3/c1-11(19)20-16(10-18)12-3-2-4-15(9-12)21-14-7-5-13(17)6-8-14/h2-9,16H,1H3/t16-/m1/s1. The fraction of sp³-hybridized carbons (Fsp3) is 0.125. The van der Waals surface area contributed by atoms with Gasteiger partial charge in [-0.2, -0.15) is 5.26 Å². The molecule has 0 radical (unpaired) electrons. The summed E-state index contributed by atoms with van der Waals surface area (Å²) in [4.78, 5) is 11.0. The quantitative estimate of drug-likeness (QED) is 0.803. The number of nitriles is 1. The van der Waals surface area contributed by atoms with E-state index < -0.39 is 12.1 Å². The summed E-state index contributed by atoms with van der Waals surface area (Å²) in [5, 5.41) is 9.03. The second-order valence-corrected chi connectivity index (χ2v) is 4.25. The highest BCUT2D eigenvalue weighted by Crippen LogP contribution is 2.26. The number of esters is 1. The number of ether oxygens (including phenoxy) is 2. The van der Waals surface area contributed by atoms with Gasteiger partial charge in [0.25, 0.3) is 0 Å². The van der Waals surface area contributed by atoms with Crippen molar-refractivity contribution in [3.8, 4) is 17.6 Å². The van der Waals surface area contributed by atoms with E-state index in [1.54, 1.807) is 24.3 Å². The van der Waals surface area contributed by atoms with Gasteiger partial charge in [0.15, 0.2) is 0 Å². The third-order valence-corrected chi connectivity index (χ3v) is 2.61. The molecule has 0 aromatic heterocycles. The van der Waals surface area contributed by atoms with E-state index in [2.05, 4.69) is 0 Å². The molecule has 0 aliphatic carbocycles. The Balaban J connectivity index is 2.19. The monoisotopic (exact) mass is 285 g/mol. The van der Waals surface area contributed by atoms with Crippen LogP contribution < -0.4 is 4.74 Å². The van der Waals surface area contributed by atoms with Gasteiger partial charge in [0.2, 0.25) is 6.10 Å². The molecule has 2 aromatic carbocycles. The molecule has 0 unspecified atom stereocenters. The van der Waals surface area contributed by atoms with Gasteiger partial charge in [-0.1, -0.05) is 12.1 Å². The summed E-state index contributed by atoms with van der Waals surface area (Å²) in [6.07, 6.45) is -0.987. The average molecular weight is 285 g/mol. The van der Waals surface area contributed by atoms with Crippen LogP contribution in [0.3, 0.4) is 0 Å². The van der Waals surface area contributed by atoms with Gasteiger partial charge in [0, 0.05) is 12.5 Å². The fourth-order valence-corrected chi connectivity index (χ4v) is 1.71. The van der Waals surface area contributed by atoms with Crippen molar-refractivity contribution < 1.29 is 18.7 Å². The molecule has 21 heavy (non-hydrogen) atoms. The van der Waals surface area contributed by atoms with Crippen LogP contribution in [0.15, 0.2) is 48.5 Å². The highest BCUT2D eigenvalue weighted by atomic mass is 19.1. The minimum atomic E-state index is -0.987. The zero-order valence-corrected chi connectivity index (χ0v) is 11.2.